The predicted molar refractivity (Wildman–Crippen MR) is 334 cm³/mol. The van der Waals surface area contributed by atoms with Gasteiger partial charge in [0.1, 0.15) is 17.9 Å². The quantitative estimate of drug-likeness (QED) is 0.0947. The molecule has 0 radical (unpaired) electrons. The van der Waals surface area contributed by atoms with Crippen LogP contribution in [0.3, 0.4) is 0 Å². The molecule has 3 aliphatic rings. The molecule has 4 aromatic heterocycles. The zero-order chi connectivity index (χ0) is 58.7. The van der Waals surface area contributed by atoms with Crippen LogP contribution in [0.15, 0.2) is 94.6 Å². The smallest absolute Gasteiger partial charge is 0.330 e. The Balaban J connectivity index is 1.10. The van der Waals surface area contributed by atoms with Crippen LogP contribution in [0.1, 0.15) is 187 Å². The summed E-state index contributed by atoms with van der Waals surface area (Å²) in [7, 11) is 0. The van der Waals surface area contributed by atoms with Crippen LogP contribution in [-0.2, 0) is 28.4 Å². The van der Waals surface area contributed by atoms with Crippen molar-refractivity contribution in [1.29, 1.82) is 0 Å². The second-order valence-corrected chi connectivity index (χ2v) is 24.2. The number of aliphatic hydroxyl groups excluding tert-OH is 2. The highest BCUT2D eigenvalue weighted by Gasteiger charge is 2.35. The van der Waals surface area contributed by atoms with E-state index in [1.54, 1.807) is 0 Å². The number of aliphatic hydroxyl groups is 2. The van der Waals surface area contributed by atoms with E-state index in [1.807, 2.05) is 24.3 Å². The Morgan fingerprint density at radius 2 is 1.07 bits per heavy atom. The first-order valence-electron chi connectivity index (χ1n) is 29.0. The van der Waals surface area contributed by atoms with Crippen molar-refractivity contribution >= 4 is 44.4 Å². The van der Waals surface area contributed by atoms with E-state index < -0.39 is 36.3 Å². The van der Waals surface area contributed by atoms with Gasteiger partial charge in [-0.25, -0.2) is 14.8 Å². The summed E-state index contributed by atoms with van der Waals surface area (Å²) >= 11 is 0. The molecule has 0 saturated carbocycles. The summed E-state index contributed by atoms with van der Waals surface area (Å²) in [5, 5.41) is 19.7. The molecule has 82 heavy (non-hydrogen) atoms. The molecule has 11 heteroatoms. The van der Waals surface area contributed by atoms with Crippen LogP contribution in [-0.4, -0.2) is 58.5 Å². The highest BCUT2D eigenvalue weighted by molar-refractivity contribution is 6.03. The Hall–Kier alpha value is -8.06. The molecule has 10 rings (SSSR count). The van der Waals surface area contributed by atoms with E-state index in [-0.39, 0.29) is 22.8 Å². The normalized spacial score (nSPS) is 16.4. The van der Waals surface area contributed by atoms with Crippen molar-refractivity contribution in [2.24, 2.45) is 0 Å². The Labute approximate surface area is 481 Å². The molecule has 1 fully saturated rings. The van der Waals surface area contributed by atoms with E-state index in [2.05, 4.69) is 190 Å². The zero-order valence-corrected chi connectivity index (χ0v) is 50.0. The van der Waals surface area contributed by atoms with Gasteiger partial charge in [-0.05, 0) is 180 Å². The number of aromatic amines is 3. The number of aromatic nitrogens is 6. The van der Waals surface area contributed by atoms with E-state index in [0.717, 1.165) is 104 Å². The number of ether oxygens (including phenoxy) is 1. The average molecular weight is 1090 g/mol. The fraction of sp³-hybridized carbons (Fsp3) is 0.352. The van der Waals surface area contributed by atoms with Gasteiger partial charge < -0.3 is 24.9 Å². The number of aryl methyl sites for hydroxylation is 4. The lowest BCUT2D eigenvalue weighted by Crippen LogP contribution is -2.33. The van der Waals surface area contributed by atoms with Crippen LogP contribution < -0.4 is 11.2 Å². The molecular formula is C71H76N6O5. The summed E-state index contributed by atoms with van der Waals surface area (Å²) in [6, 6.07) is 27.7. The van der Waals surface area contributed by atoms with Crippen molar-refractivity contribution in [2.75, 3.05) is 6.61 Å². The Morgan fingerprint density at radius 1 is 0.610 bits per heavy atom. The summed E-state index contributed by atoms with van der Waals surface area (Å²) in [5.41, 5.74) is 25.7. The maximum atomic E-state index is 12.7. The van der Waals surface area contributed by atoms with Gasteiger partial charge >= 0.3 is 5.69 Å². The van der Waals surface area contributed by atoms with Crippen molar-refractivity contribution in [3.8, 4) is 45.9 Å². The van der Waals surface area contributed by atoms with Gasteiger partial charge in [-0.2, -0.15) is 0 Å². The summed E-state index contributed by atoms with van der Waals surface area (Å²) in [6.45, 7) is 31.4. The lowest BCUT2D eigenvalue weighted by molar-refractivity contribution is -0.0459. The van der Waals surface area contributed by atoms with Crippen LogP contribution in [0, 0.1) is 37.5 Å². The molecule has 0 spiro atoms. The first-order valence-corrected chi connectivity index (χ1v) is 29.0. The number of fused-ring (bicyclic) bond motifs is 8. The summed E-state index contributed by atoms with van der Waals surface area (Å²) in [6.07, 6.45) is 2.13. The van der Waals surface area contributed by atoms with E-state index in [9.17, 15) is 19.8 Å². The van der Waals surface area contributed by atoms with Gasteiger partial charge in [-0.15, -0.1) is 0 Å². The Kier molecular flexibility index (Phi) is 15.6. The molecule has 0 amide bonds. The molecule has 3 aliphatic heterocycles. The molecule has 11 nitrogen and oxygen atoms in total. The minimum absolute atomic E-state index is 0.0632. The maximum Gasteiger partial charge on any atom is 0.330 e. The third kappa shape index (κ3) is 10.7. The van der Waals surface area contributed by atoms with Crippen molar-refractivity contribution in [2.45, 2.75) is 158 Å². The highest BCUT2D eigenvalue weighted by Crippen LogP contribution is 2.45. The van der Waals surface area contributed by atoms with E-state index in [0.29, 0.717) is 5.56 Å². The van der Waals surface area contributed by atoms with Gasteiger partial charge in [0.2, 0.25) is 0 Å². The number of H-pyrrole nitrogens is 3. The monoisotopic (exact) mass is 1090 g/mol. The third-order valence-corrected chi connectivity index (χ3v) is 16.8. The van der Waals surface area contributed by atoms with Crippen LogP contribution >= 0.6 is 0 Å². The van der Waals surface area contributed by atoms with Gasteiger partial charge in [0.05, 0.1) is 46.5 Å². The number of nitrogens with one attached hydrogen (secondary N) is 3. The van der Waals surface area contributed by atoms with Crippen molar-refractivity contribution in [3.63, 3.8) is 0 Å². The van der Waals surface area contributed by atoms with E-state index in [4.69, 9.17) is 14.7 Å². The molecule has 8 bridgehead atoms. The van der Waals surface area contributed by atoms with Crippen molar-refractivity contribution < 1.29 is 14.9 Å². The first kappa shape index (κ1) is 57.2. The minimum atomic E-state index is -0.942. The zero-order valence-electron chi connectivity index (χ0n) is 50.0. The number of hydrogen-bond acceptors (Lipinski definition) is 7. The molecule has 3 aromatic carbocycles. The summed E-state index contributed by atoms with van der Waals surface area (Å²) < 4.78 is 6.83. The predicted octanol–water partition coefficient (Wildman–Crippen LogP) is 14.0. The number of rotatable bonds is 8. The molecule has 3 atom stereocenters. The van der Waals surface area contributed by atoms with Crippen LogP contribution in [0.2, 0.25) is 0 Å². The first-order chi connectivity index (χ1) is 39.0. The standard InChI is InChI=1S/C71H76N6O5/c1-15-51-39(5)64-62(46-28-25-45(26-29-46)24-21-43-19-22-44(23-20-43)27-30-47-37-77(69(81)76-68(47)80)61-36-59(79)60(38-78)82-61)65-40(6)52(16-2)56(73-65)35-58-54(18-4)42(8)67(75-58)63(66-41(7)53(17-3)57(74-66)34-55(51)72-64)48-31-49(70(9,10)11)33-50(32-48)71(12,13)14/h19-20,22-23,25-26,28-29,31-35,37,59-61,74-75,78-79H,15-18,36,38H2,1-14H3,(H,76,80,81)/t59-,60+,61+/m0/s1. The number of benzene rings is 3. The molecule has 7 heterocycles. The molecule has 5 N–H and O–H groups in total. The topological polar surface area (TPSA) is 162 Å². The van der Waals surface area contributed by atoms with Gasteiger partial charge in [0, 0.05) is 51.5 Å². The third-order valence-electron chi connectivity index (χ3n) is 16.8. The summed E-state index contributed by atoms with van der Waals surface area (Å²) in [4.78, 5) is 47.1. The molecule has 7 aromatic rings. The molecular weight excluding hydrogens is 1020 g/mol. The average Bonchev–Trinajstić information content (AvgIpc) is 4.03. The summed E-state index contributed by atoms with van der Waals surface area (Å²) in [5.74, 6) is 12.6. The van der Waals surface area contributed by atoms with Crippen LogP contribution in [0.4, 0.5) is 0 Å². The molecule has 0 unspecified atom stereocenters. The SMILES string of the molecule is CCC1=C(C)c2nc1cc1[nH]c(c(C)c1CC)c(-c1cc(C(C)(C)C)cc(C(C)(C)C)c1)c1[nH]c(cc3nc(c2-c2ccc(C#Cc4ccc(C#Cc5cn([C@H]6C[C@H](O)[C@@H](CO)O6)c(=O)[nH]c5=O)cc4)cc2)C(C)=C3CC)c(CC)c1C. The van der Waals surface area contributed by atoms with E-state index in [1.165, 1.54) is 66.4 Å². The van der Waals surface area contributed by atoms with Crippen LogP contribution in [0.25, 0.3) is 66.6 Å². The van der Waals surface area contributed by atoms with Gasteiger partial charge in [-0.3, -0.25) is 14.3 Å². The molecule has 420 valence electrons. The molecule has 1 saturated heterocycles. The lowest BCUT2D eigenvalue weighted by Gasteiger charge is -2.26. The fourth-order valence-electron chi connectivity index (χ4n) is 12.0. The van der Waals surface area contributed by atoms with Gasteiger partial charge in [0.15, 0.2) is 0 Å². The Bertz CT molecular complexity index is 4060. The maximum absolute atomic E-state index is 12.7. The van der Waals surface area contributed by atoms with Gasteiger partial charge in [-0.1, -0.05) is 123 Å². The van der Waals surface area contributed by atoms with E-state index >= 15 is 0 Å². The highest BCUT2D eigenvalue weighted by atomic mass is 16.5. The largest absolute Gasteiger partial charge is 0.394 e. The second-order valence-electron chi connectivity index (χ2n) is 24.2. The second kappa shape index (κ2) is 22.4. The van der Waals surface area contributed by atoms with Crippen molar-refractivity contribution in [1.82, 2.24) is 29.5 Å². The van der Waals surface area contributed by atoms with Crippen molar-refractivity contribution in [3.05, 3.63) is 184 Å². The number of hydrogen-bond donors (Lipinski definition) is 5. The minimum Gasteiger partial charge on any atom is -0.394 e. The van der Waals surface area contributed by atoms with Crippen LogP contribution in [0.5, 0.6) is 0 Å². The van der Waals surface area contributed by atoms with Gasteiger partial charge in [0.25, 0.3) is 5.56 Å². The number of allylic oxidation sites excluding steroid dienone is 4. The Morgan fingerprint density at radius 3 is 1.50 bits per heavy atom. The number of nitrogens with zero attached hydrogens (tertiary/aromatic N) is 3. The fourth-order valence-corrected chi connectivity index (χ4v) is 12.0. The molecule has 0 aliphatic carbocycles. The lowest BCUT2D eigenvalue weighted by atomic mass is 9.78.